The number of ketones is 1. The first-order valence-corrected chi connectivity index (χ1v) is 8.15. The molecule has 21 heavy (non-hydrogen) atoms. The third-order valence-electron chi connectivity index (χ3n) is 4.29. The number of carbonyl (C=O) groups is 1. The van der Waals surface area contributed by atoms with Crippen LogP contribution in [-0.2, 0) is 4.74 Å². The van der Waals surface area contributed by atoms with E-state index in [1.807, 2.05) is 0 Å². The average molecular weight is 305 g/mol. The Balaban J connectivity index is 1.76. The molecule has 0 aromatic carbocycles. The monoisotopic (exact) mass is 305 g/mol. The van der Waals surface area contributed by atoms with Crippen LogP contribution in [0.1, 0.15) is 41.4 Å². The van der Waals surface area contributed by atoms with E-state index in [4.69, 9.17) is 10.5 Å². The second-order valence-electron chi connectivity index (χ2n) is 5.80. The zero-order valence-electron chi connectivity index (χ0n) is 12.0. The molecule has 6 heteroatoms. The normalized spacial score (nSPS) is 24.8. The minimum absolute atomic E-state index is 0.0969. The summed E-state index contributed by atoms with van der Waals surface area (Å²) < 4.78 is 5.54. The van der Waals surface area contributed by atoms with Gasteiger partial charge in [0.05, 0.1) is 16.7 Å². The fourth-order valence-corrected chi connectivity index (χ4v) is 3.76. The summed E-state index contributed by atoms with van der Waals surface area (Å²) in [5.74, 6) is 0.649. The number of carbonyl (C=O) groups excluding carboxylic acids is 1. The lowest BCUT2D eigenvalue weighted by Crippen LogP contribution is -2.20. The van der Waals surface area contributed by atoms with E-state index in [2.05, 4.69) is 18.3 Å². The quantitative estimate of drug-likeness (QED) is 0.816. The zero-order valence-corrected chi connectivity index (χ0v) is 12.8. The lowest BCUT2D eigenvalue weighted by Gasteiger charge is -2.14. The van der Waals surface area contributed by atoms with Crippen molar-refractivity contribution in [2.75, 3.05) is 24.2 Å². The van der Waals surface area contributed by atoms with Crippen molar-refractivity contribution in [2.45, 2.75) is 32.3 Å². The van der Waals surface area contributed by atoms with Crippen molar-refractivity contribution in [2.24, 2.45) is 11.8 Å². The zero-order chi connectivity index (χ0) is 15.0. The van der Waals surface area contributed by atoms with Gasteiger partial charge in [-0.3, -0.25) is 4.79 Å². The second-order valence-corrected chi connectivity index (χ2v) is 6.83. The van der Waals surface area contributed by atoms with E-state index in [1.54, 1.807) is 0 Å². The molecule has 1 aliphatic carbocycles. The molecule has 0 bridgehead atoms. The van der Waals surface area contributed by atoms with E-state index in [0.717, 1.165) is 37.4 Å². The highest BCUT2D eigenvalue weighted by molar-refractivity contribution is 7.19. The number of hydrogen-bond acceptors (Lipinski definition) is 6. The van der Waals surface area contributed by atoms with Crippen molar-refractivity contribution >= 4 is 27.8 Å². The predicted molar refractivity (Wildman–Crippen MR) is 82.5 cm³/mol. The molecule has 3 rings (SSSR count). The third-order valence-corrected chi connectivity index (χ3v) is 5.46. The van der Waals surface area contributed by atoms with Crippen LogP contribution >= 0.6 is 11.3 Å². The minimum atomic E-state index is 0.0969. The summed E-state index contributed by atoms with van der Waals surface area (Å²) in [5, 5.41) is 13.3. The summed E-state index contributed by atoms with van der Waals surface area (Å²) >= 11 is 1.32. The Kier molecular flexibility index (Phi) is 3.87. The van der Waals surface area contributed by atoms with Gasteiger partial charge >= 0.3 is 0 Å². The maximum absolute atomic E-state index is 12.2. The van der Waals surface area contributed by atoms with Crippen LogP contribution in [0.2, 0.25) is 0 Å². The fourth-order valence-electron chi connectivity index (χ4n) is 2.66. The molecule has 0 spiro atoms. The van der Waals surface area contributed by atoms with Crippen molar-refractivity contribution in [3.8, 4) is 6.07 Å². The first kappa shape index (κ1) is 14.4. The molecule has 112 valence electrons. The van der Waals surface area contributed by atoms with Crippen LogP contribution in [0.5, 0.6) is 0 Å². The van der Waals surface area contributed by atoms with E-state index < -0.39 is 0 Å². The van der Waals surface area contributed by atoms with Gasteiger partial charge in [-0.05, 0) is 26.2 Å². The van der Waals surface area contributed by atoms with Crippen LogP contribution in [0.4, 0.5) is 10.7 Å². The summed E-state index contributed by atoms with van der Waals surface area (Å²) in [6.07, 6.45) is 3.13. The summed E-state index contributed by atoms with van der Waals surface area (Å²) in [7, 11) is 0. The molecule has 1 saturated heterocycles. The molecule has 5 nitrogen and oxygen atoms in total. The smallest absolute Gasteiger partial charge is 0.178 e. The number of hydrogen-bond donors (Lipinski definition) is 2. The number of thiophene rings is 1. The Bertz CT molecular complexity index is 601. The fraction of sp³-hybridized carbons (Fsp3) is 0.600. The average Bonchev–Trinajstić information content (AvgIpc) is 3.17. The van der Waals surface area contributed by atoms with E-state index in [-0.39, 0.29) is 17.8 Å². The first-order chi connectivity index (χ1) is 10.1. The van der Waals surface area contributed by atoms with Crippen LogP contribution < -0.4 is 11.1 Å². The standard InChI is InChI=1S/C15H19N3O2S/c1-8-10(4-5-20-8)7-18-15-11(6-16)12(17)14(21-15)13(19)9-2-3-9/h8-10,18H,2-5,7,17H2,1H3. The molecule has 1 aromatic rings. The molecule has 2 fully saturated rings. The third kappa shape index (κ3) is 2.76. The maximum atomic E-state index is 12.2. The van der Waals surface area contributed by atoms with Crippen molar-refractivity contribution in [3.05, 3.63) is 10.4 Å². The van der Waals surface area contributed by atoms with Gasteiger partial charge < -0.3 is 15.8 Å². The van der Waals surface area contributed by atoms with Gasteiger partial charge in [0.15, 0.2) is 5.78 Å². The topological polar surface area (TPSA) is 88.1 Å². The Hall–Kier alpha value is -1.58. The highest BCUT2D eigenvalue weighted by Crippen LogP contribution is 2.41. The number of nitrogens with one attached hydrogen (secondary N) is 1. The largest absolute Gasteiger partial charge is 0.396 e. The molecule has 3 N–H and O–H groups in total. The molecule has 1 saturated carbocycles. The van der Waals surface area contributed by atoms with Crippen LogP contribution in [0, 0.1) is 23.2 Å². The highest BCUT2D eigenvalue weighted by Gasteiger charge is 2.34. The maximum Gasteiger partial charge on any atom is 0.178 e. The SMILES string of the molecule is CC1OCCC1CNc1sc(C(=O)C2CC2)c(N)c1C#N. The number of nitrogens with zero attached hydrogens (tertiary/aromatic N) is 1. The van der Waals surface area contributed by atoms with Crippen LogP contribution in [0.3, 0.4) is 0 Å². The van der Waals surface area contributed by atoms with Crippen LogP contribution in [0.25, 0.3) is 0 Å². The van der Waals surface area contributed by atoms with Gasteiger partial charge in [-0.2, -0.15) is 5.26 Å². The van der Waals surface area contributed by atoms with Gasteiger partial charge in [-0.15, -0.1) is 11.3 Å². The molecule has 2 aliphatic rings. The van der Waals surface area contributed by atoms with Crippen LogP contribution in [-0.4, -0.2) is 25.0 Å². The van der Waals surface area contributed by atoms with E-state index in [0.29, 0.717) is 22.0 Å². The lowest BCUT2D eigenvalue weighted by molar-refractivity contribution is 0.0972. The molecule has 0 amide bonds. The van der Waals surface area contributed by atoms with Crippen molar-refractivity contribution in [3.63, 3.8) is 0 Å². The molecule has 1 aromatic heterocycles. The van der Waals surface area contributed by atoms with Crippen molar-refractivity contribution in [1.82, 2.24) is 0 Å². The van der Waals surface area contributed by atoms with Gasteiger partial charge in [0, 0.05) is 25.0 Å². The predicted octanol–water partition coefficient (Wildman–Crippen LogP) is 2.63. The number of ether oxygens (including phenoxy) is 1. The summed E-state index contributed by atoms with van der Waals surface area (Å²) in [4.78, 5) is 12.7. The van der Waals surface area contributed by atoms with Crippen molar-refractivity contribution in [1.29, 1.82) is 5.26 Å². The molecule has 0 radical (unpaired) electrons. The van der Waals surface area contributed by atoms with Gasteiger partial charge in [0.1, 0.15) is 16.6 Å². The van der Waals surface area contributed by atoms with E-state index >= 15 is 0 Å². The van der Waals surface area contributed by atoms with Gasteiger partial charge in [0.2, 0.25) is 0 Å². The summed E-state index contributed by atoms with van der Waals surface area (Å²) in [6, 6.07) is 2.12. The lowest BCUT2D eigenvalue weighted by atomic mass is 10.0. The summed E-state index contributed by atoms with van der Waals surface area (Å²) in [6.45, 7) is 3.60. The number of nitrogen functional groups attached to an aromatic ring is 1. The van der Waals surface area contributed by atoms with E-state index in [1.165, 1.54) is 11.3 Å². The second kappa shape index (κ2) is 5.66. The van der Waals surface area contributed by atoms with E-state index in [9.17, 15) is 10.1 Å². The number of rotatable bonds is 5. The number of nitrogens with two attached hydrogens (primary N) is 1. The number of anilines is 2. The molecule has 2 unspecified atom stereocenters. The summed E-state index contributed by atoms with van der Waals surface area (Å²) in [5.41, 5.74) is 6.75. The number of Topliss-reactive ketones (excluding diaryl/α,β-unsaturated/α-hetero) is 1. The molecule has 2 atom stereocenters. The molecular formula is C15H19N3O2S. The number of nitriles is 1. The highest BCUT2D eigenvalue weighted by atomic mass is 32.1. The van der Waals surface area contributed by atoms with Gasteiger partial charge in [-0.1, -0.05) is 0 Å². The minimum Gasteiger partial charge on any atom is -0.396 e. The first-order valence-electron chi connectivity index (χ1n) is 7.33. The molecule has 2 heterocycles. The van der Waals surface area contributed by atoms with Gasteiger partial charge in [0.25, 0.3) is 0 Å². The Labute approximate surface area is 128 Å². The molecule has 1 aliphatic heterocycles. The van der Waals surface area contributed by atoms with Gasteiger partial charge in [-0.25, -0.2) is 0 Å². The Morgan fingerprint density at radius 2 is 2.29 bits per heavy atom. The van der Waals surface area contributed by atoms with Crippen molar-refractivity contribution < 1.29 is 9.53 Å². The van der Waals surface area contributed by atoms with Crippen LogP contribution in [0.15, 0.2) is 0 Å². The Morgan fingerprint density at radius 3 is 2.86 bits per heavy atom. The Morgan fingerprint density at radius 1 is 1.52 bits per heavy atom. The molecular weight excluding hydrogens is 286 g/mol.